The second-order valence-corrected chi connectivity index (χ2v) is 8.92. The Kier molecular flexibility index (Phi) is 7.05. The summed E-state index contributed by atoms with van der Waals surface area (Å²) >= 11 is 1.74. The summed E-state index contributed by atoms with van der Waals surface area (Å²) in [7, 11) is 1.48. The van der Waals surface area contributed by atoms with Gasteiger partial charge in [-0.3, -0.25) is 5.01 Å². The third-order valence-electron chi connectivity index (χ3n) is 5.54. The highest BCUT2D eigenvalue weighted by molar-refractivity contribution is 7.98. The number of amides is 2. The highest BCUT2D eigenvalue weighted by Gasteiger charge is 2.19. The van der Waals surface area contributed by atoms with Crippen molar-refractivity contribution in [3.05, 3.63) is 82.4 Å². The van der Waals surface area contributed by atoms with Crippen molar-refractivity contribution in [3.63, 3.8) is 0 Å². The van der Waals surface area contributed by atoms with Crippen LogP contribution in [-0.4, -0.2) is 18.1 Å². The molecule has 0 heterocycles. The van der Waals surface area contributed by atoms with Gasteiger partial charge >= 0.3 is 6.03 Å². The van der Waals surface area contributed by atoms with Crippen LogP contribution in [0.2, 0.25) is 0 Å². The molecule has 0 spiro atoms. The summed E-state index contributed by atoms with van der Waals surface area (Å²) in [6, 6.07) is 18.4. The van der Waals surface area contributed by atoms with Gasteiger partial charge in [-0.2, -0.15) is 0 Å². The first-order valence-corrected chi connectivity index (χ1v) is 11.1. The molecule has 0 aliphatic heterocycles. The van der Waals surface area contributed by atoms with E-state index in [0.717, 1.165) is 21.1 Å². The average Bonchev–Trinajstić information content (AvgIpc) is 2.74. The van der Waals surface area contributed by atoms with Crippen LogP contribution in [0.1, 0.15) is 27.8 Å². The fourth-order valence-corrected chi connectivity index (χ4v) is 4.56. The fourth-order valence-electron chi connectivity index (χ4n) is 3.44. The number of benzene rings is 3. The molecule has 4 N–H and O–H groups in total. The predicted octanol–water partition coefficient (Wildman–Crippen LogP) is 5.49. The molecule has 0 aromatic heterocycles. The Morgan fingerprint density at radius 2 is 1.48 bits per heavy atom. The van der Waals surface area contributed by atoms with Gasteiger partial charge in [0.25, 0.3) is 0 Å². The number of thioether (sulfide) groups is 1. The minimum Gasteiger partial charge on any atom is -0.264 e. The molecular formula is C25H30N4OS. The largest absolute Gasteiger partial charge is 0.352 e. The van der Waals surface area contributed by atoms with Crippen LogP contribution in [0.25, 0.3) is 11.1 Å². The molecule has 3 aromatic carbocycles. The maximum Gasteiger partial charge on any atom is 0.352 e. The Hall–Kier alpha value is -2.80. The number of hydrogen-bond donors (Lipinski definition) is 2. The maximum atomic E-state index is 12.2. The van der Waals surface area contributed by atoms with Gasteiger partial charge in [0.05, 0.1) is 5.69 Å². The van der Waals surface area contributed by atoms with E-state index in [-0.39, 0.29) is 0 Å². The molecule has 0 saturated carbocycles. The standard InChI is InChI=1S/C25H30N4OS/c1-16-9-10-20(13-18(16)3)21-11-12-24(19(4)14-21)31-15-22-17(2)7-6-8-23(22)29(27)25(30)28(5)26/h6-14H,15,26-27H2,1-5H3. The Balaban J connectivity index is 1.83. The van der Waals surface area contributed by atoms with Gasteiger partial charge in [0.2, 0.25) is 0 Å². The summed E-state index contributed by atoms with van der Waals surface area (Å²) in [6.45, 7) is 8.43. The van der Waals surface area contributed by atoms with E-state index in [4.69, 9.17) is 11.7 Å². The first-order chi connectivity index (χ1) is 14.7. The fraction of sp³-hybridized carbons (Fsp3) is 0.240. The molecule has 0 aliphatic carbocycles. The van der Waals surface area contributed by atoms with Crippen LogP contribution in [0, 0.1) is 27.7 Å². The monoisotopic (exact) mass is 434 g/mol. The molecule has 3 aromatic rings. The van der Waals surface area contributed by atoms with Crippen LogP contribution in [0.4, 0.5) is 10.5 Å². The van der Waals surface area contributed by atoms with Crippen molar-refractivity contribution in [1.29, 1.82) is 0 Å². The highest BCUT2D eigenvalue weighted by Crippen LogP contribution is 2.34. The quantitative estimate of drug-likeness (QED) is 0.241. The van der Waals surface area contributed by atoms with E-state index in [1.807, 2.05) is 25.1 Å². The van der Waals surface area contributed by atoms with E-state index in [2.05, 4.69) is 57.2 Å². The van der Waals surface area contributed by atoms with Crippen LogP contribution >= 0.6 is 11.8 Å². The molecule has 6 heteroatoms. The molecule has 0 atom stereocenters. The Labute approximate surface area is 189 Å². The maximum absolute atomic E-state index is 12.2. The number of carbonyl (C=O) groups is 1. The number of aryl methyl sites for hydroxylation is 4. The van der Waals surface area contributed by atoms with Crippen LogP contribution in [0.3, 0.4) is 0 Å². The van der Waals surface area contributed by atoms with E-state index in [1.165, 1.54) is 39.8 Å². The molecule has 5 nitrogen and oxygen atoms in total. The summed E-state index contributed by atoms with van der Waals surface area (Å²) in [5.41, 5.74) is 9.02. The first kappa shape index (κ1) is 22.9. The summed E-state index contributed by atoms with van der Waals surface area (Å²) < 4.78 is 0. The van der Waals surface area contributed by atoms with Gasteiger partial charge < -0.3 is 0 Å². The third kappa shape index (κ3) is 5.10. The lowest BCUT2D eigenvalue weighted by atomic mass is 9.99. The highest BCUT2D eigenvalue weighted by atomic mass is 32.2. The zero-order valence-electron chi connectivity index (χ0n) is 18.8. The third-order valence-corrected chi connectivity index (χ3v) is 6.74. The SMILES string of the molecule is Cc1ccc(-c2ccc(SCc3c(C)cccc3N(N)C(=O)N(C)N)c(C)c2)cc1C. The number of urea groups is 1. The lowest BCUT2D eigenvalue weighted by molar-refractivity contribution is 0.216. The number of anilines is 1. The second-order valence-electron chi connectivity index (χ2n) is 7.90. The lowest BCUT2D eigenvalue weighted by Crippen LogP contribution is -2.49. The van der Waals surface area contributed by atoms with Gasteiger partial charge in [0.15, 0.2) is 0 Å². The van der Waals surface area contributed by atoms with Crippen molar-refractivity contribution in [2.45, 2.75) is 38.3 Å². The number of carbonyl (C=O) groups excluding carboxylic acids is 1. The molecule has 0 aliphatic rings. The van der Waals surface area contributed by atoms with E-state index < -0.39 is 6.03 Å². The normalized spacial score (nSPS) is 10.8. The molecule has 0 bridgehead atoms. The average molecular weight is 435 g/mol. The van der Waals surface area contributed by atoms with Gasteiger partial charge in [-0.05, 0) is 78.8 Å². The van der Waals surface area contributed by atoms with E-state index in [0.29, 0.717) is 11.4 Å². The molecule has 0 radical (unpaired) electrons. The molecule has 0 fully saturated rings. The van der Waals surface area contributed by atoms with Crippen LogP contribution in [-0.2, 0) is 5.75 Å². The summed E-state index contributed by atoms with van der Waals surface area (Å²) in [5.74, 6) is 12.3. The minimum atomic E-state index is -0.467. The van der Waals surface area contributed by atoms with Crippen molar-refractivity contribution < 1.29 is 4.79 Å². The number of hydrogen-bond acceptors (Lipinski definition) is 4. The smallest absolute Gasteiger partial charge is 0.264 e. The van der Waals surface area contributed by atoms with Crippen molar-refractivity contribution in [2.75, 3.05) is 12.1 Å². The zero-order valence-corrected chi connectivity index (χ0v) is 19.6. The van der Waals surface area contributed by atoms with Crippen molar-refractivity contribution in [1.82, 2.24) is 5.01 Å². The van der Waals surface area contributed by atoms with Gasteiger partial charge in [-0.15, -0.1) is 11.8 Å². The molecule has 31 heavy (non-hydrogen) atoms. The van der Waals surface area contributed by atoms with Crippen LogP contribution in [0.15, 0.2) is 59.5 Å². The lowest BCUT2D eigenvalue weighted by Gasteiger charge is -2.24. The molecule has 2 amide bonds. The zero-order chi connectivity index (χ0) is 22.7. The molecular weight excluding hydrogens is 404 g/mol. The van der Waals surface area contributed by atoms with E-state index >= 15 is 0 Å². The van der Waals surface area contributed by atoms with Crippen LogP contribution < -0.4 is 16.7 Å². The molecule has 0 unspecified atom stereocenters. The van der Waals surface area contributed by atoms with Gasteiger partial charge in [0.1, 0.15) is 0 Å². The minimum absolute atomic E-state index is 0.467. The Bertz CT molecular complexity index is 1110. The van der Waals surface area contributed by atoms with Gasteiger partial charge in [0, 0.05) is 17.7 Å². The number of nitrogens with two attached hydrogens (primary N) is 2. The predicted molar refractivity (Wildman–Crippen MR) is 131 cm³/mol. The number of rotatable bonds is 5. The molecule has 0 saturated heterocycles. The van der Waals surface area contributed by atoms with E-state index in [9.17, 15) is 4.79 Å². The first-order valence-electron chi connectivity index (χ1n) is 10.2. The van der Waals surface area contributed by atoms with Crippen LogP contribution in [0.5, 0.6) is 0 Å². The molecule has 3 rings (SSSR count). The number of hydrazine groups is 2. The summed E-state index contributed by atoms with van der Waals surface area (Å²) in [6.07, 6.45) is 0. The summed E-state index contributed by atoms with van der Waals surface area (Å²) in [4.78, 5) is 13.4. The summed E-state index contributed by atoms with van der Waals surface area (Å²) in [5, 5.41) is 2.09. The topological polar surface area (TPSA) is 75.6 Å². The van der Waals surface area contributed by atoms with E-state index in [1.54, 1.807) is 11.8 Å². The Morgan fingerprint density at radius 1 is 0.839 bits per heavy atom. The van der Waals surface area contributed by atoms with Crippen molar-refractivity contribution in [2.24, 2.45) is 11.7 Å². The van der Waals surface area contributed by atoms with Crippen molar-refractivity contribution in [3.8, 4) is 11.1 Å². The second kappa shape index (κ2) is 9.56. The van der Waals surface area contributed by atoms with Gasteiger partial charge in [-0.25, -0.2) is 21.5 Å². The van der Waals surface area contributed by atoms with Gasteiger partial charge in [-0.1, -0.05) is 42.5 Å². The molecule has 162 valence electrons. The van der Waals surface area contributed by atoms with Crippen molar-refractivity contribution >= 4 is 23.5 Å². The number of nitrogens with zero attached hydrogens (tertiary/aromatic N) is 2. The Morgan fingerprint density at radius 3 is 2.10 bits per heavy atom.